The van der Waals surface area contributed by atoms with Crippen molar-refractivity contribution in [2.24, 2.45) is 11.8 Å². The number of carbonyl (C=O) groups excluding carboxylic acids is 2. The predicted octanol–water partition coefficient (Wildman–Crippen LogP) is 3.76. The molecule has 2 atom stereocenters. The molecule has 0 radical (unpaired) electrons. The van der Waals surface area contributed by atoms with Gasteiger partial charge in [-0.15, -0.1) is 0 Å². The van der Waals surface area contributed by atoms with E-state index in [1.807, 2.05) is 34.9 Å². The average molecular weight is 387 g/mol. The first-order valence-corrected chi connectivity index (χ1v) is 10.7. The molecule has 2 amide bonds. The molecule has 3 rings (SSSR count). The molecule has 0 bridgehead atoms. The Morgan fingerprint density at radius 2 is 2.00 bits per heavy atom. The molecule has 0 aliphatic carbocycles. The molecule has 0 N–H and O–H groups in total. The third-order valence-corrected chi connectivity index (χ3v) is 5.79. The molecule has 1 saturated heterocycles. The van der Waals surface area contributed by atoms with Crippen molar-refractivity contribution < 1.29 is 14.3 Å². The van der Waals surface area contributed by atoms with Crippen LogP contribution >= 0.6 is 0 Å². The number of hydrogen-bond donors (Lipinski definition) is 0. The van der Waals surface area contributed by atoms with Crippen LogP contribution in [0.4, 0.5) is 0 Å². The Morgan fingerprint density at radius 3 is 2.71 bits per heavy atom. The van der Waals surface area contributed by atoms with Crippen LogP contribution in [-0.4, -0.2) is 53.9 Å². The Morgan fingerprint density at radius 1 is 1.21 bits per heavy atom. The number of ether oxygens (including phenoxy) is 1. The summed E-state index contributed by atoms with van der Waals surface area (Å²) in [7, 11) is 0. The maximum absolute atomic E-state index is 13.1. The van der Waals surface area contributed by atoms with E-state index >= 15 is 0 Å². The molecule has 2 aliphatic rings. The van der Waals surface area contributed by atoms with Gasteiger partial charge in [0.25, 0.3) is 5.91 Å². The predicted molar refractivity (Wildman–Crippen MR) is 111 cm³/mol. The Labute approximate surface area is 169 Å². The number of carbonyl (C=O) groups is 2. The van der Waals surface area contributed by atoms with Crippen LogP contribution in [0.15, 0.2) is 18.2 Å². The summed E-state index contributed by atoms with van der Waals surface area (Å²) in [5, 5.41) is 0. The molecule has 154 valence electrons. The van der Waals surface area contributed by atoms with Crippen LogP contribution in [0.3, 0.4) is 0 Å². The highest BCUT2D eigenvalue weighted by atomic mass is 16.5. The zero-order valence-electron chi connectivity index (χ0n) is 17.7. The summed E-state index contributed by atoms with van der Waals surface area (Å²) < 4.78 is 5.65. The van der Waals surface area contributed by atoms with E-state index in [1.165, 1.54) is 0 Å². The second-order valence-electron chi connectivity index (χ2n) is 8.90. The van der Waals surface area contributed by atoms with Gasteiger partial charge in [0.15, 0.2) is 0 Å². The quantitative estimate of drug-likeness (QED) is 0.774. The number of benzene rings is 1. The molecule has 2 aliphatic heterocycles. The fraction of sp³-hybridized carbons (Fsp3) is 0.652. The van der Waals surface area contributed by atoms with Gasteiger partial charge in [0.1, 0.15) is 5.75 Å². The Bertz CT molecular complexity index is 716. The smallest absolute Gasteiger partial charge is 0.254 e. The van der Waals surface area contributed by atoms with Gasteiger partial charge in [-0.25, -0.2) is 0 Å². The van der Waals surface area contributed by atoms with Crippen LogP contribution in [-0.2, 0) is 11.2 Å². The van der Waals surface area contributed by atoms with Crippen molar-refractivity contribution in [1.82, 2.24) is 9.80 Å². The van der Waals surface area contributed by atoms with Crippen molar-refractivity contribution in [3.63, 3.8) is 0 Å². The topological polar surface area (TPSA) is 49.9 Å². The number of amides is 2. The van der Waals surface area contributed by atoms with Gasteiger partial charge in [-0.1, -0.05) is 20.8 Å². The van der Waals surface area contributed by atoms with E-state index in [2.05, 4.69) is 20.8 Å². The molecule has 0 saturated carbocycles. The average Bonchev–Trinajstić information content (AvgIpc) is 2.66. The van der Waals surface area contributed by atoms with Gasteiger partial charge in [0, 0.05) is 37.7 Å². The Balaban J connectivity index is 1.59. The van der Waals surface area contributed by atoms with Crippen LogP contribution in [0, 0.1) is 11.8 Å². The van der Waals surface area contributed by atoms with Gasteiger partial charge < -0.3 is 14.5 Å². The minimum absolute atomic E-state index is 0.0258. The lowest BCUT2D eigenvalue weighted by atomic mass is 9.95. The Hall–Kier alpha value is -2.04. The maximum Gasteiger partial charge on any atom is 0.254 e. The number of fused-ring (bicyclic) bond motifs is 1. The first-order chi connectivity index (χ1) is 13.3. The van der Waals surface area contributed by atoms with Crippen molar-refractivity contribution in [1.29, 1.82) is 0 Å². The molecule has 0 spiro atoms. The first-order valence-electron chi connectivity index (χ1n) is 10.7. The van der Waals surface area contributed by atoms with E-state index in [1.54, 1.807) is 0 Å². The fourth-order valence-electron chi connectivity index (χ4n) is 4.46. The first kappa shape index (κ1) is 20.7. The molecular formula is C23H34N2O3. The van der Waals surface area contributed by atoms with Crippen molar-refractivity contribution in [3.05, 3.63) is 29.3 Å². The van der Waals surface area contributed by atoms with Crippen molar-refractivity contribution in [3.8, 4) is 5.75 Å². The Kier molecular flexibility index (Phi) is 6.63. The lowest BCUT2D eigenvalue weighted by molar-refractivity contribution is -0.134. The molecular weight excluding hydrogens is 352 g/mol. The van der Waals surface area contributed by atoms with Crippen LogP contribution in [0.2, 0.25) is 0 Å². The largest absolute Gasteiger partial charge is 0.493 e. The molecule has 1 aromatic rings. The second kappa shape index (κ2) is 8.97. The van der Waals surface area contributed by atoms with Gasteiger partial charge in [-0.05, 0) is 61.8 Å². The van der Waals surface area contributed by atoms with Crippen molar-refractivity contribution in [2.75, 3.05) is 26.2 Å². The normalized spacial score (nSPS) is 20.5. The standard InChI is InChI=1S/C23H34N2O3/c1-16(2)12-17(3)13-22(26)24-9-10-25(18(4)15-24)23(27)20-7-8-21-19(14-20)6-5-11-28-21/h7-8,14,16-18H,5-6,9-13,15H2,1-4H3/t17?,18-/m1/s1. The van der Waals surface area contributed by atoms with E-state index in [0.717, 1.165) is 42.7 Å². The van der Waals surface area contributed by atoms with Gasteiger partial charge in [-0.2, -0.15) is 0 Å². The molecule has 1 aromatic carbocycles. The van der Waals surface area contributed by atoms with Gasteiger partial charge in [0.05, 0.1) is 6.61 Å². The van der Waals surface area contributed by atoms with E-state index in [4.69, 9.17) is 4.74 Å². The van der Waals surface area contributed by atoms with Gasteiger partial charge in [0.2, 0.25) is 5.91 Å². The third kappa shape index (κ3) is 4.86. The van der Waals surface area contributed by atoms with E-state index in [9.17, 15) is 9.59 Å². The molecule has 5 nitrogen and oxygen atoms in total. The SMILES string of the molecule is CC(C)CC(C)CC(=O)N1CCN(C(=O)c2ccc3c(c2)CCCO3)[C@H](C)C1. The zero-order chi connectivity index (χ0) is 20.3. The van der Waals surface area contributed by atoms with Gasteiger partial charge >= 0.3 is 0 Å². The highest BCUT2D eigenvalue weighted by Gasteiger charge is 2.31. The van der Waals surface area contributed by atoms with Crippen LogP contribution in [0.1, 0.15) is 62.9 Å². The molecule has 0 aromatic heterocycles. The van der Waals surface area contributed by atoms with E-state index < -0.39 is 0 Å². The van der Waals surface area contributed by atoms with Crippen LogP contribution < -0.4 is 4.74 Å². The summed E-state index contributed by atoms with van der Waals surface area (Å²) in [5.41, 5.74) is 1.85. The number of rotatable bonds is 5. The van der Waals surface area contributed by atoms with Crippen molar-refractivity contribution >= 4 is 11.8 Å². The third-order valence-electron chi connectivity index (χ3n) is 5.79. The number of nitrogens with zero attached hydrogens (tertiary/aromatic N) is 2. The number of aryl methyl sites for hydroxylation is 1. The maximum atomic E-state index is 13.1. The molecule has 1 unspecified atom stereocenters. The summed E-state index contributed by atoms with van der Waals surface area (Å²) in [4.78, 5) is 29.6. The van der Waals surface area contributed by atoms with E-state index in [0.29, 0.717) is 37.9 Å². The van der Waals surface area contributed by atoms with Crippen LogP contribution in [0.5, 0.6) is 5.75 Å². The minimum atomic E-state index is 0.0258. The molecule has 28 heavy (non-hydrogen) atoms. The number of piperazine rings is 1. The highest BCUT2D eigenvalue weighted by molar-refractivity contribution is 5.95. The zero-order valence-corrected chi connectivity index (χ0v) is 17.7. The van der Waals surface area contributed by atoms with Gasteiger partial charge in [-0.3, -0.25) is 9.59 Å². The molecule has 2 heterocycles. The summed E-state index contributed by atoms with van der Waals surface area (Å²) in [6.45, 7) is 11.2. The molecule has 1 fully saturated rings. The minimum Gasteiger partial charge on any atom is -0.493 e. The summed E-state index contributed by atoms with van der Waals surface area (Å²) in [6.07, 6.45) is 3.63. The fourth-order valence-corrected chi connectivity index (χ4v) is 4.46. The second-order valence-corrected chi connectivity index (χ2v) is 8.90. The van der Waals surface area contributed by atoms with Crippen LogP contribution in [0.25, 0.3) is 0 Å². The van der Waals surface area contributed by atoms with E-state index in [-0.39, 0.29) is 17.9 Å². The summed E-state index contributed by atoms with van der Waals surface area (Å²) in [5.74, 6) is 2.19. The summed E-state index contributed by atoms with van der Waals surface area (Å²) in [6, 6.07) is 5.79. The number of hydrogen-bond acceptors (Lipinski definition) is 3. The summed E-state index contributed by atoms with van der Waals surface area (Å²) >= 11 is 0. The lowest BCUT2D eigenvalue weighted by Crippen LogP contribution is -2.55. The monoisotopic (exact) mass is 386 g/mol. The highest BCUT2D eigenvalue weighted by Crippen LogP contribution is 2.27. The molecule has 5 heteroatoms. The van der Waals surface area contributed by atoms with Crippen molar-refractivity contribution in [2.45, 2.75) is 59.4 Å². The lowest BCUT2D eigenvalue weighted by Gasteiger charge is -2.40.